The Bertz CT molecular complexity index is 743. The van der Waals surface area contributed by atoms with Gasteiger partial charge < -0.3 is 5.32 Å². The molecule has 0 atom stereocenters. The van der Waals surface area contributed by atoms with E-state index in [4.69, 9.17) is 0 Å². The Labute approximate surface area is 131 Å². The minimum Gasteiger partial charge on any atom is -0.352 e. The van der Waals surface area contributed by atoms with Crippen molar-refractivity contribution in [2.75, 3.05) is 6.54 Å². The number of hydrogen-bond donors (Lipinski definition) is 1. The SMILES string of the molecule is Cc1ccc([N+](=O)[O-])cc1C(=O)NCCc1cc(F)cc(F)c1. The maximum absolute atomic E-state index is 13.1. The number of rotatable bonds is 5. The number of non-ortho nitro benzene ring substituents is 1. The second-order valence-corrected chi connectivity index (χ2v) is 5.04. The molecule has 0 unspecified atom stereocenters. The van der Waals surface area contributed by atoms with Gasteiger partial charge in [-0.3, -0.25) is 14.9 Å². The van der Waals surface area contributed by atoms with Gasteiger partial charge in [-0.2, -0.15) is 0 Å². The maximum atomic E-state index is 13.1. The van der Waals surface area contributed by atoms with E-state index < -0.39 is 22.5 Å². The second kappa shape index (κ2) is 6.95. The summed E-state index contributed by atoms with van der Waals surface area (Å²) in [6.07, 6.45) is 0.244. The molecule has 2 rings (SSSR count). The minimum absolute atomic E-state index is 0.157. The molecular weight excluding hydrogens is 306 g/mol. The zero-order chi connectivity index (χ0) is 17.0. The third-order valence-electron chi connectivity index (χ3n) is 3.30. The van der Waals surface area contributed by atoms with Crippen molar-refractivity contribution in [2.45, 2.75) is 13.3 Å². The van der Waals surface area contributed by atoms with E-state index in [1.807, 2.05) is 0 Å². The lowest BCUT2D eigenvalue weighted by Gasteiger charge is -2.08. The van der Waals surface area contributed by atoms with Crippen LogP contribution in [0.15, 0.2) is 36.4 Å². The molecule has 0 aliphatic heterocycles. The van der Waals surface area contributed by atoms with Crippen molar-refractivity contribution in [1.29, 1.82) is 0 Å². The fourth-order valence-electron chi connectivity index (χ4n) is 2.14. The van der Waals surface area contributed by atoms with Crippen LogP contribution in [0.2, 0.25) is 0 Å². The van der Waals surface area contributed by atoms with Crippen LogP contribution in [0.5, 0.6) is 0 Å². The first-order valence-corrected chi connectivity index (χ1v) is 6.85. The summed E-state index contributed by atoms with van der Waals surface area (Å²) in [6, 6.07) is 7.17. The normalized spacial score (nSPS) is 10.4. The number of nitrogens with zero attached hydrogens (tertiary/aromatic N) is 1. The van der Waals surface area contributed by atoms with Crippen LogP contribution in [0.3, 0.4) is 0 Å². The molecular formula is C16H14F2N2O3. The molecule has 0 radical (unpaired) electrons. The largest absolute Gasteiger partial charge is 0.352 e. The lowest BCUT2D eigenvalue weighted by atomic mass is 10.1. The molecule has 7 heteroatoms. The van der Waals surface area contributed by atoms with Crippen molar-refractivity contribution in [2.24, 2.45) is 0 Å². The number of carbonyl (C=O) groups excluding carboxylic acids is 1. The summed E-state index contributed by atoms with van der Waals surface area (Å²) in [5, 5.41) is 13.3. The molecule has 5 nitrogen and oxygen atoms in total. The summed E-state index contributed by atoms with van der Waals surface area (Å²) in [5.74, 6) is -1.83. The average Bonchev–Trinajstić information content (AvgIpc) is 2.46. The number of aryl methyl sites for hydroxylation is 1. The predicted octanol–water partition coefficient (Wildman–Crippen LogP) is 3.15. The van der Waals surface area contributed by atoms with Gasteiger partial charge in [0.15, 0.2) is 0 Å². The molecule has 0 heterocycles. The van der Waals surface area contributed by atoms with Crippen LogP contribution in [0.4, 0.5) is 14.5 Å². The number of hydrogen-bond acceptors (Lipinski definition) is 3. The van der Waals surface area contributed by atoms with Gasteiger partial charge in [0.1, 0.15) is 11.6 Å². The van der Waals surface area contributed by atoms with E-state index in [1.54, 1.807) is 6.92 Å². The fourth-order valence-corrected chi connectivity index (χ4v) is 2.14. The Balaban J connectivity index is 2.02. The Hall–Kier alpha value is -2.83. The highest BCUT2D eigenvalue weighted by Crippen LogP contribution is 2.17. The molecule has 0 bridgehead atoms. The third kappa shape index (κ3) is 4.32. The first-order valence-electron chi connectivity index (χ1n) is 6.85. The average molecular weight is 320 g/mol. The zero-order valence-corrected chi connectivity index (χ0v) is 12.3. The van der Waals surface area contributed by atoms with Crippen LogP contribution in [-0.2, 0) is 6.42 Å². The highest BCUT2D eigenvalue weighted by Gasteiger charge is 2.14. The van der Waals surface area contributed by atoms with Gasteiger partial charge in [-0.1, -0.05) is 6.07 Å². The molecule has 2 aromatic carbocycles. The number of halogens is 2. The van der Waals surface area contributed by atoms with Gasteiger partial charge >= 0.3 is 0 Å². The molecule has 0 saturated heterocycles. The number of carbonyl (C=O) groups is 1. The van der Waals surface area contributed by atoms with Crippen LogP contribution in [-0.4, -0.2) is 17.4 Å². The molecule has 23 heavy (non-hydrogen) atoms. The van der Waals surface area contributed by atoms with Crippen molar-refractivity contribution in [3.8, 4) is 0 Å². The summed E-state index contributed by atoms with van der Waals surface area (Å²) >= 11 is 0. The van der Waals surface area contributed by atoms with E-state index in [0.29, 0.717) is 11.1 Å². The Kier molecular flexibility index (Phi) is 5.00. The molecule has 0 aromatic heterocycles. The van der Waals surface area contributed by atoms with Crippen LogP contribution >= 0.6 is 0 Å². The summed E-state index contributed by atoms with van der Waals surface area (Å²) in [4.78, 5) is 22.3. The summed E-state index contributed by atoms with van der Waals surface area (Å²) in [7, 11) is 0. The van der Waals surface area contributed by atoms with Gasteiger partial charge in [0.25, 0.3) is 11.6 Å². The number of amides is 1. The highest BCUT2D eigenvalue weighted by molar-refractivity contribution is 5.96. The quantitative estimate of drug-likeness (QED) is 0.679. The Morgan fingerprint density at radius 1 is 1.17 bits per heavy atom. The highest BCUT2D eigenvalue weighted by atomic mass is 19.1. The summed E-state index contributed by atoms with van der Waals surface area (Å²) in [5.41, 5.74) is 1.04. The third-order valence-corrected chi connectivity index (χ3v) is 3.30. The lowest BCUT2D eigenvalue weighted by Crippen LogP contribution is -2.26. The topological polar surface area (TPSA) is 72.2 Å². The summed E-state index contributed by atoms with van der Waals surface area (Å²) in [6.45, 7) is 1.82. The van der Waals surface area contributed by atoms with Gasteiger partial charge in [0.2, 0.25) is 0 Å². The molecule has 1 amide bonds. The van der Waals surface area contributed by atoms with Crippen molar-refractivity contribution >= 4 is 11.6 Å². The van der Waals surface area contributed by atoms with E-state index in [2.05, 4.69) is 5.32 Å². The summed E-state index contributed by atoms with van der Waals surface area (Å²) < 4.78 is 26.1. The Morgan fingerprint density at radius 3 is 2.43 bits per heavy atom. The van der Waals surface area contributed by atoms with Crippen LogP contribution in [0, 0.1) is 28.7 Å². The van der Waals surface area contributed by atoms with E-state index in [0.717, 1.165) is 6.07 Å². The first-order chi connectivity index (χ1) is 10.9. The smallest absolute Gasteiger partial charge is 0.270 e. The van der Waals surface area contributed by atoms with Crippen LogP contribution in [0.1, 0.15) is 21.5 Å². The van der Waals surface area contributed by atoms with E-state index in [1.165, 1.54) is 30.3 Å². The van der Waals surface area contributed by atoms with Crippen molar-refractivity contribution in [3.05, 3.63) is 74.8 Å². The molecule has 0 fully saturated rings. The van der Waals surface area contributed by atoms with Crippen molar-refractivity contribution < 1.29 is 18.5 Å². The lowest BCUT2D eigenvalue weighted by molar-refractivity contribution is -0.384. The van der Waals surface area contributed by atoms with Gasteiger partial charge in [-0.25, -0.2) is 8.78 Å². The zero-order valence-electron chi connectivity index (χ0n) is 12.3. The molecule has 0 aliphatic rings. The van der Waals surface area contributed by atoms with Crippen molar-refractivity contribution in [3.63, 3.8) is 0 Å². The van der Waals surface area contributed by atoms with Crippen LogP contribution < -0.4 is 5.32 Å². The van der Waals surface area contributed by atoms with E-state index >= 15 is 0 Å². The van der Waals surface area contributed by atoms with Crippen LogP contribution in [0.25, 0.3) is 0 Å². The van der Waals surface area contributed by atoms with Gasteiger partial charge in [-0.05, 0) is 36.6 Å². The number of nitro benzene ring substituents is 1. The number of nitro groups is 1. The molecule has 0 saturated carbocycles. The maximum Gasteiger partial charge on any atom is 0.270 e. The Morgan fingerprint density at radius 2 is 1.83 bits per heavy atom. The van der Waals surface area contributed by atoms with Gasteiger partial charge in [-0.15, -0.1) is 0 Å². The van der Waals surface area contributed by atoms with E-state index in [-0.39, 0.29) is 24.2 Å². The second-order valence-electron chi connectivity index (χ2n) is 5.04. The molecule has 1 N–H and O–H groups in total. The van der Waals surface area contributed by atoms with Gasteiger partial charge in [0, 0.05) is 30.3 Å². The standard InChI is InChI=1S/C16H14F2N2O3/c1-10-2-3-14(20(22)23)9-15(10)16(21)19-5-4-11-6-12(17)8-13(18)7-11/h2-3,6-9H,4-5H2,1H3,(H,19,21). The van der Waals surface area contributed by atoms with Crippen molar-refractivity contribution in [1.82, 2.24) is 5.32 Å². The molecule has 0 aliphatic carbocycles. The fraction of sp³-hybridized carbons (Fsp3) is 0.188. The molecule has 120 valence electrons. The first kappa shape index (κ1) is 16.5. The molecule has 2 aromatic rings. The predicted molar refractivity (Wildman–Crippen MR) is 80.2 cm³/mol. The monoisotopic (exact) mass is 320 g/mol. The minimum atomic E-state index is -0.680. The number of nitrogens with one attached hydrogen (secondary N) is 1. The van der Waals surface area contributed by atoms with Gasteiger partial charge in [0.05, 0.1) is 4.92 Å². The van der Waals surface area contributed by atoms with E-state index in [9.17, 15) is 23.7 Å². The molecule has 0 spiro atoms. The number of benzene rings is 2.